The van der Waals surface area contributed by atoms with Gasteiger partial charge >= 0.3 is 5.97 Å². The summed E-state index contributed by atoms with van der Waals surface area (Å²) in [5.41, 5.74) is -1.15. The number of hydrogen-bond donors (Lipinski definition) is 2. The number of carbonyl (C=O) groups is 2. The van der Waals surface area contributed by atoms with Gasteiger partial charge in [0.1, 0.15) is 17.2 Å². The molecule has 0 radical (unpaired) electrons. The zero-order valence-electron chi connectivity index (χ0n) is 13.6. The number of aromatic nitrogens is 1. The molecule has 2 aromatic rings. The smallest absolute Gasteiger partial charge is 0.330 e. The third-order valence-electron chi connectivity index (χ3n) is 4.13. The maximum Gasteiger partial charge on any atom is 0.330 e. The van der Waals surface area contributed by atoms with Crippen LogP contribution in [0.5, 0.6) is 0 Å². The number of nitrogens with zero attached hydrogens (tertiary/aromatic N) is 1. The van der Waals surface area contributed by atoms with Crippen LogP contribution in [0, 0.1) is 11.6 Å². The first-order chi connectivity index (χ1) is 12.4. The van der Waals surface area contributed by atoms with Gasteiger partial charge in [-0.15, -0.1) is 0 Å². The monoisotopic (exact) mass is 382 g/mol. The Bertz CT molecular complexity index is 834. The van der Waals surface area contributed by atoms with E-state index in [4.69, 9.17) is 4.42 Å². The predicted octanol–water partition coefficient (Wildman–Crippen LogP) is 2.63. The highest BCUT2D eigenvalue weighted by atomic mass is 32.2. The molecular formula is C17H16F2N2O4S. The predicted molar refractivity (Wildman–Crippen MR) is 90.6 cm³/mol. The molecule has 1 amide bonds. The van der Waals surface area contributed by atoms with Crippen molar-refractivity contribution in [2.24, 2.45) is 0 Å². The van der Waals surface area contributed by atoms with Crippen LogP contribution in [0.25, 0.3) is 11.3 Å². The topological polar surface area (TPSA) is 92.4 Å². The van der Waals surface area contributed by atoms with Gasteiger partial charge in [-0.2, -0.15) is 11.8 Å². The van der Waals surface area contributed by atoms with Crippen molar-refractivity contribution in [3.8, 4) is 11.3 Å². The van der Waals surface area contributed by atoms with Gasteiger partial charge in [0.25, 0.3) is 0 Å². The number of carboxylic acids is 1. The largest absolute Gasteiger partial charge is 0.479 e. The zero-order chi connectivity index (χ0) is 18.7. The van der Waals surface area contributed by atoms with Crippen LogP contribution >= 0.6 is 11.8 Å². The van der Waals surface area contributed by atoms with Crippen molar-refractivity contribution >= 4 is 23.6 Å². The Morgan fingerprint density at radius 1 is 1.38 bits per heavy atom. The fourth-order valence-corrected chi connectivity index (χ4v) is 4.00. The average molecular weight is 382 g/mol. The molecule has 1 unspecified atom stereocenters. The first kappa shape index (κ1) is 18.4. The number of carbonyl (C=O) groups excluding carboxylic acids is 1. The molecule has 3 rings (SSSR count). The molecule has 0 bridgehead atoms. The van der Waals surface area contributed by atoms with E-state index in [-0.39, 0.29) is 30.1 Å². The summed E-state index contributed by atoms with van der Waals surface area (Å²) in [6, 6.07) is 3.10. The average Bonchev–Trinajstić information content (AvgIpc) is 3.23. The van der Waals surface area contributed by atoms with Crippen molar-refractivity contribution < 1.29 is 27.9 Å². The SMILES string of the molecule is O=C(CCc1ncc(-c2ccc(F)cc2F)o1)NC1(C(=O)O)CCSC1. The third-order valence-corrected chi connectivity index (χ3v) is 5.32. The quantitative estimate of drug-likeness (QED) is 0.798. The van der Waals surface area contributed by atoms with Gasteiger partial charge in [0.15, 0.2) is 11.7 Å². The maximum absolute atomic E-state index is 13.8. The standard InChI is InChI=1S/C17H16F2N2O4S/c18-10-1-2-11(12(19)7-10)13-8-20-15(25-13)4-3-14(22)21-17(16(23)24)5-6-26-9-17/h1-2,7-8H,3-6,9H2,(H,21,22)(H,23,24). The summed E-state index contributed by atoms with van der Waals surface area (Å²) in [6.07, 6.45) is 1.81. The molecule has 1 aliphatic heterocycles. The summed E-state index contributed by atoms with van der Waals surface area (Å²) in [5, 5.41) is 11.9. The fourth-order valence-electron chi connectivity index (χ4n) is 2.68. The van der Waals surface area contributed by atoms with Crippen molar-refractivity contribution in [1.29, 1.82) is 0 Å². The lowest BCUT2D eigenvalue weighted by atomic mass is 9.99. The van der Waals surface area contributed by atoms with Gasteiger partial charge < -0.3 is 14.8 Å². The second kappa shape index (κ2) is 7.45. The van der Waals surface area contributed by atoms with Gasteiger partial charge in [0, 0.05) is 24.7 Å². The molecular weight excluding hydrogens is 366 g/mol. The first-order valence-electron chi connectivity index (χ1n) is 7.92. The number of halogens is 2. The number of carboxylic acid groups (broad SMARTS) is 1. The number of thioether (sulfide) groups is 1. The van der Waals surface area contributed by atoms with E-state index in [9.17, 15) is 23.5 Å². The lowest BCUT2D eigenvalue weighted by Gasteiger charge is -2.24. The summed E-state index contributed by atoms with van der Waals surface area (Å²) in [4.78, 5) is 27.5. The van der Waals surface area contributed by atoms with Gasteiger partial charge in [-0.1, -0.05) is 0 Å². The number of rotatable bonds is 6. The minimum absolute atomic E-state index is 0.00838. The molecule has 2 heterocycles. The Hall–Kier alpha value is -2.42. The van der Waals surface area contributed by atoms with E-state index in [0.717, 1.165) is 12.1 Å². The van der Waals surface area contributed by atoms with Crippen LogP contribution in [0.4, 0.5) is 8.78 Å². The fraction of sp³-hybridized carbons (Fsp3) is 0.353. The molecule has 1 aromatic carbocycles. The number of hydrogen-bond acceptors (Lipinski definition) is 5. The minimum atomic E-state index is -1.22. The van der Waals surface area contributed by atoms with E-state index < -0.39 is 29.0 Å². The van der Waals surface area contributed by atoms with Gasteiger partial charge in [-0.25, -0.2) is 18.6 Å². The summed E-state index contributed by atoms with van der Waals surface area (Å²) in [6.45, 7) is 0. The number of amides is 1. The molecule has 9 heteroatoms. The minimum Gasteiger partial charge on any atom is -0.479 e. The molecule has 1 aliphatic rings. The van der Waals surface area contributed by atoms with E-state index in [0.29, 0.717) is 17.9 Å². The number of benzene rings is 1. The van der Waals surface area contributed by atoms with E-state index in [1.165, 1.54) is 24.0 Å². The van der Waals surface area contributed by atoms with Gasteiger partial charge in [-0.3, -0.25) is 4.79 Å². The number of oxazole rings is 1. The Morgan fingerprint density at radius 3 is 2.85 bits per heavy atom. The van der Waals surface area contributed by atoms with Gasteiger partial charge in [-0.05, 0) is 24.3 Å². The molecule has 1 saturated heterocycles. The van der Waals surface area contributed by atoms with E-state index in [1.54, 1.807) is 0 Å². The van der Waals surface area contributed by atoms with E-state index >= 15 is 0 Å². The molecule has 0 aliphatic carbocycles. The molecule has 1 aromatic heterocycles. The molecule has 1 atom stereocenters. The zero-order valence-corrected chi connectivity index (χ0v) is 14.4. The van der Waals surface area contributed by atoms with Crippen molar-refractivity contribution in [3.63, 3.8) is 0 Å². The Morgan fingerprint density at radius 2 is 2.19 bits per heavy atom. The van der Waals surface area contributed by atoms with Crippen LogP contribution in [-0.4, -0.2) is 39.0 Å². The highest BCUT2D eigenvalue weighted by molar-refractivity contribution is 7.99. The summed E-state index contributed by atoms with van der Waals surface area (Å²) in [7, 11) is 0. The third kappa shape index (κ3) is 3.87. The second-order valence-electron chi connectivity index (χ2n) is 5.98. The highest BCUT2D eigenvalue weighted by Crippen LogP contribution is 2.28. The molecule has 6 nitrogen and oxygen atoms in total. The molecule has 0 saturated carbocycles. The van der Waals surface area contributed by atoms with Crippen molar-refractivity contribution in [2.45, 2.75) is 24.8 Å². The maximum atomic E-state index is 13.8. The van der Waals surface area contributed by atoms with Crippen LogP contribution in [-0.2, 0) is 16.0 Å². The van der Waals surface area contributed by atoms with E-state index in [1.807, 2.05) is 0 Å². The summed E-state index contributed by atoms with van der Waals surface area (Å²) >= 11 is 1.48. The Balaban J connectivity index is 1.61. The lowest BCUT2D eigenvalue weighted by molar-refractivity contribution is -0.146. The lowest BCUT2D eigenvalue weighted by Crippen LogP contribution is -2.54. The Labute approximate surface area is 152 Å². The van der Waals surface area contributed by atoms with Crippen LogP contribution in [0.2, 0.25) is 0 Å². The number of aryl methyl sites for hydroxylation is 1. The normalized spacial score (nSPS) is 19.5. The molecule has 0 spiro atoms. The molecule has 26 heavy (non-hydrogen) atoms. The van der Waals surface area contributed by atoms with Crippen molar-refractivity contribution in [2.75, 3.05) is 11.5 Å². The molecule has 2 N–H and O–H groups in total. The van der Waals surface area contributed by atoms with Crippen LogP contribution < -0.4 is 5.32 Å². The molecule has 1 fully saturated rings. The summed E-state index contributed by atoms with van der Waals surface area (Å²) < 4.78 is 32.1. The summed E-state index contributed by atoms with van der Waals surface area (Å²) in [5.74, 6) is -1.56. The van der Waals surface area contributed by atoms with Crippen molar-refractivity contribution in [1.82, 2.24) is 10.3 Å². The molecule has 138 valence electrons. The van der Waals surface area contributed by atoms with E-state index in [2.05, 4.69) is 10.3 Å². The van der Waals surface area contributed by atoms with Crippen LogP contribution in [0.15, 0.2) is 28.8 Å². The van der Waals surface area contributed by atoms with Crippen LogP contribution in [0.3, 0.4) is 0 Å². The van der Waals surface area contributed by atoms with Gasteiger partial charge in [0.2, 0.25) is 5.91 Å². The van der Waals surface area contributed by atoms with Crippen molar-refractivity contribution in [3.05, 3.63) is 41.9 Å². The van der Waals surface area contributed by atoms with Crippen LogP contribution in [0.1, 0.15) is 18.7 Å². The number of nitrogens with one attached hydrogen (secondary N) is 1. The first-order valence-corrected chi connectivity index (χ1v) is 9.07. The Kier molecular flexibility index (Phi) is 5.26. The number of aliphatic carboxylic acids is 1. The van der Waals surface area contributed by atoms with Gasteiger partial charge in [0.05, 0.1) is 11.8 Å². The highest BCUT2D eigenvalue weighted by Gasteiger charge is 2.43. The second-order valence-corrected chi connectivity index (χ2v) is 7.09.